The van der Waals surface area contributed by atoms with Crippen LogP contribution in [0.1, 0.15) is 38.0 Å². The normalized spacial score (nSPS) is 13.6. The molecule has 7 nitrogen and oxygen atoms in total. The predicted octanol–water partition coefficient (Wildman–Crippen LogP) is 3.45. The van der Waals surface area contributed by atoms with Gasteiger partial charge < -0.3 is 10.1 Å². The number of anilines is 1. The molecule has 0 aromatic heterocycles. The van der Waals surface area contributed by atoms with Gasteiger partial charge in [0.2, 0.25) is 0 Å². The minimum absolute atomic E-state index is 0.00671. The van der Waals surface area contributed by atoms with Gasteiger partial charge in [0.25, 0.3) is 17.7 Å². The molecule has 30 heavy (non-hydrogen) atoms. The molecule has 3 amide bonds. The molecule has 1 N–H and O–H groups in total. The Bertz CT molecular complexity index is 1090. The van der Waals surface area contributed by atoms with E-state index in [4.69, 9.17) is 16.3 Å². The Hall–Kier alpha value is -3.52. The highest BCUT2D eigenvalue weighted by Crippen LogP contribution is 2.25. The van der Waals surface area contributed by atoms with E-state index >= 15 is 0 Å². The second-order valence-corrected chi connectivity index (χ2v) is 6.84. The zero-order valence-electron chi connectivity index (χ0n) is 15.8. The summed E-state index contributed by atoms with van der Waals surface area (Å²) in [6, 6.07) is 7.39. The van der Waals surface area contributed by atoms with Crippen molar-refractivity contribution in [2.24, 2.45) is 0 Å². The van der Waals surface area contributed by atoms with E-state index < -0.39 is 35.6 Å². The van der Waals surface area contributed by atoms with Crippen molar-refractivity contribution >= 4 is 41.0 Å². The van der Waals surface area contributed by atoms with Crippen LogP contribution in [0.15, 0.2) is 49.1 Å². The Morgan fingerprint density at radius 1 is 1.20 bits per heavy atom. The van der Waals surface area contributed by atoms with Crippen molar-refractivity contribution < 1.29 is 28.3 Å². The Kier molecular flexibility index (Phi) is 5.98. The van der Waals surface area contributed by atoms with Crippen molar-refractivity contribution in [3.05, 3.63) is 76.6 Å². The maximum Gasteiger partial charge on any atom is 0.338 e. The Balaban J connectivity index is 1.70. The largest absolute Gasteiger partial charge is 0.449 e. The Morgan fingerprint density at radius 3 is 2.57 bits per heavy atom. The summed E-state index contributed by atoms with van der Waals surface area (Å²) < 4.78 is 18.2. The molecule has 0 aliphatic carbocycles. The summed E-state index contributed by atoms with van der Waals surface area (Å²) in [5.41, 5.74) is 0.423. The van der Waals surface area contributed by atoms with Gasteiger partial charge in [0.15, 0.2) is 6.10 Å². The number of hydrogen-bond acceptors (Lipinski definition) is 5. The second kappa shape index (κ2) is 8.46. The third kappa shape index (κ3) is 4.08. The summed E-state index contributed by atoms with van der Waals surface area (Å²) in [6.07, 6.45) is 0.214. The van der Waals surface area contributed by atoms with Crippen LogP contribution >= 0.6 is 11.6 Å². The molecule has 2 aromatic carbocycles. The number of halogens is 2. The Morgan fingerprint density at radius 2 is 1.90 bits per heavy atom. The lowest BCUT2D eigenvalue weighted by Crippen LogP contribution is -2.30. The Labute approximate surface area is 176 Å². The van der Waals surface area contributed by atoms with Crippen LogP contribution in [0.4, 0.5) is 10.1 Å². The molecule has 1 aliphatic heterocycles. The molecule has 0 spiro atoms. The van der Waals surface area contributed by atoms with E-state index in [1.54, 1.807) is 0 Å². The second-order valence-electron chi connectivity index (χ2n) is 6.43. The number of amides is 3. The topological polar surface area (TPSA) is 92.8 Å². The highest BCUT2D eigenvalue weighted by molar-refractivity contribution is 6.33. The quantitative estimate of drug-likeness (QED) is 0.430. The van der Waals surface area contributed by atoms with Crippen LogP contribution in [0.5, 0.6) is 0 Å². The first kappa shape index (κ1) is 21.2. The van der Waals surface area contributed by atoms with Gasteiger partial charge in [0.05, 0.1) is 27.4 Å². The number of carbonyl (C=O) groups excluding carboxylic acids is 4. The first-order valence-corrected chi connectivity index (χ1v) is 9.18. The number of esters is 1. The third-order valence-corrected chi connectivity index (χ3v) is 4.67. The van der Waals surface area contributed by atoms with Gasteiger partial charge in [-0.25, -0.2) is 9.18 Å². The first-order chi connectivity index (χ1) is 14.2. The number of fused-ring (bicyclic) bond motifs is 1. The van der Waals surface area contributed by atoms with Crippen LogP contribution in [0, 0.1) is 5.82 Å². The van der Waals surface area contributed by atoms with Gasteiger partial charge in [-0.1, -0.05) is 17.7 Å². The SMILES string of the molecule is C=CCN1C(=O)c2ccc(C(=O)OC(C)C(=O)Nc3ccc(F)cc3Cl)cc2C1=O. The maximum absolute atomic E-state index is 13.1. The fourth-order valence-electron chi connectivity index (χ4n) is 2.82. The highest BCUT2D eigenvalue weighted by atomic mass is 35.5. The minimum atomic E-state index is -1.21. The van der Waals surface area contributed by atoms with Gasteiger partial charge >= 0.3 is 5.97 Å². The van der Waals surface area contributed by atoms with E-state index in [-0.39, 0.29) is 33.9 Å². The predicted molar refractivity (Wildman–Crippen MR) is 107 cm³/mol. The monoisotopic (exact) mass is 430 g/mol. The maximum atomic E-state index is 13.1. The number of hydrogen-bond donors (Lipinski definition) is 1. The van der Waals surface area contributed by atoms with Crippen molar-refractivity contribution in [3.8, 4) is 0 Å². The van der Waals surface area contributed by atoms with E-state index in [2.05, 4.69) is 11.9 Å². The smallest absolute Gasteiger partial charge is 0.338 e. The van der Waals surface area contributed by atoms with Gasteiger partial charge in [0, 0.05) is 6.54 Å². The molecule has 1 unspecified atom stereocenters. The molecule has 0 bridgehead atoms. The summed E-state index contributed by atoms with van der Waals surface area (Å²) in [4.78, 5) is 50.3. The molecule has 1 aliphatic rings. The van der Waals surface area contributed by atoms with E-state index in [1.165, 1.54) is 37.3 Å². The molecular formula is C21H16ClFN2O5. The van der Waals surface area contributed by atoms with Crippen LogP contribution in [0.3, 0.4) is 0 Å². The van der Waals surface area contributed by atoms with Crippen LogP contribution < -0.4 is 5.32 Å². The lowest BCUT2D eigenvalue weighted by Gasteiger charge is -2.14. The zero-order valence-corrected chi connectivity index (χ0v) is 16.5. The van der Waals surface area contributed by atoms with E-state index in [0.29, 0.717) is 0 Å². The molecule has 1 heterocycles. The molecule has 0 radical (unpaired) electrons. The molecule has 2 aromatic rings. The van der Waals surface area contributed by atoms with Crippen molar-refractivity contribution in [2.75, 3.05) is 11.9 Å². The van der Waals surface area contributed by atoms with Crippen molar-refractivity contribution in [1.29, 1.82) is 0 Å². The van der Waals surface area contributed by atoms with Gasteiger partial charge in [0.1, 0.15) is 5.82 Å². The van der Waals surface area contributed by atoms with E-state index in [0.717, 1.165) is 17.0 Å². The zero-order chi connectivity index (χ0) is 22.0. The molecule has 1 atom stereocenters. The van der Waals surface area contributed by atoms with Crippen LogP contribution in [0.25, 0.3) is 0 Å². The fourth-order valence-corrected chi connectivity index (χ4v) is 3.03. The molecule has 3 rings (SSSR count). The fraction of sp³-hybridized carbons (Fsp3) is 0.143. The van der Waals surface area contributed by atoms with Gasteiger partial charge in [-0.3, -0.25) is 19.3 Å². The third-order valence-electron chi connectivity index (χ3n) is 4.36. The molecule has 0 fully saturated rings. The summed E-state index contributed by atoms with van der Waals surface area (Å²) >= 11 is 5.86. The molecular weight excluding hydrogens is 415 g/mol. The van der Waals surface area contributed by atoms with Gasteiger partial charge in [-0.15, -0.1) is 6.58 Å². The lowest BCUT2D eigenvalue weighted by atomic mass is 10.1. The summed E-state index contributed by atoms with van der Waals surface area (Å²) in [5.74, 6) is -3.11. The van der Waals surface area contributed by atoms with Crippen molar-refractivity contribution in [3.63, 3.8) is 0 Å². The molecule has 9 heteroatoms. The standard InChI is InChI=1S/C21H16ClFN2O5/c1-3-8-25-19(27)14-6-4-12(9-15(14)20(25)28)21(29)30-11(2)18(26)24-17-7-5-13(23)10-16(17)22/h3-7,9-11H,1,8H2,2H3,(H,24,26). The number of benzene rings is 2. The number of nitrogens with zero attached hydrogens (tertiary/aromatic N) is 1. The number of imide groups is 1. The summed E-state index contributed by atoms with van der Waals surface area (Å²) in [6.45, 7) is 4.90. The first-order valence-electron chi connectivity index (χ1n) is 8.81. The molecule has 0 saturated heterocycles. The molecule has 154 valence electrons. The number of rotatable bonds is 6. The average Bonchev–Trinajstić information content (AvgIpc) is 2.94. The number of ether oxygens (including phenoxy) is 1. The van der Waals surface area contributed by atoms with Crippen LogP contribution in [-0.2, 0) is 9.53 Å². The summed E-state index contributed by atoms with van der Waals surface area (Å²) in [5, 5.41) is 2.43. The number of nitrogens with one attached hydrogen (secondary N) is 1. The average molecular weight is 431 g/mol. The van der Waals surface area contributed by atoms with Crippen LogP contribution in [0.2, 0.25) is 5.02 Å². The number of carbonyl (C=O) groups is 4. The van der Waals surface area contributed by atoms with Gasteiger partial charge in [-0.05, 0) is 43.3 Å². The van der Waals surface area contributed by atoms with Crippen LogP contribution in [-0.4, -0.2) is 41.2 Å². The summed E-state index contributed by atoms with van der Waals surface area (Å²) in [7, 11) is 0. The van der Waals surface area contributed by atoms with E-state index in [1.807, 2.05) is 0 Å². The van der Waals surface area contributed by atoms with E-state index in [9.17, 15) is 23.6 Å². The molecule has 0 saturated carbocycles. The van der Waals surface area contributed by atoms with Gasteiger partial charge in [-0.2, -0.15) is 0 Å². The highest BCUT2D eigenvalue weighted by Gasteiger charge is 2.35. The van der Waals surface area contributed by atoms with Crippen molar-refractivity contribution in [2.45, 2.75) is 13.0 Å². The van der Waals surface area contributed by atoms with Crippen molar-refractivity contribution in [1.82, 2.24) is 4.90 Å². The minimum Gasteiger partial charge on any atom is -0.449 e. The lowest BCUT2D eigenvalue weighted by molar-refractivity contribution is -0.123.